The van der Waals surface area contributed by atoms with Crippen LogP contribution in [-0.4, -0.2) is 75.0 Å². The molecule has 0 unspecified atom stereocenters. The van der Waals surface area contributed by atoms with E-state index in [9.17, 15) is 9.59 Å². The summed E-state index contributed by atoms with van der Waals surface area (Å²) in [7, 11) is 1.66. The van der Waals surface area contributed by atoms with E-state index in [4.69, 9.17) is 20.2 Å². The van der Waals surface area contributed by atoms with E-state index in [1.807, 2.05) is 69.4 Å². The molecule has 0 spiro atoms. The van der Waals surface area contributed by atoms with Gasteiger partial charge in [-0.05, 0) is 99.9 Å². The number of amides is 2. The van der Waals surface area contributed by atoms with Gasteiger partial charge in [0.2, 0.25) is 0 Å². The average Bonchev–Trinajstić information content (AvgIpc) is 3.45. The van der Waals surface area contributed by atoms with Gasteiger partial charge in [-0.3, -0.25) is 4.79 Å². The molecule has 3 heterocycles. The van der Waals surface area contributed by atoms with Gasteiger partial charge in [-0.2, -0.15) is 0 Å². The number of methoxy groups -OCH3 is 1. The monoisotopic (exact) mass is 638 g/mol. The van der Waals surface area contributed by atoms with Crippen molar-refractivity contribution in [3.05, 3.63) is 77.1 Å². The number of aromatic nitrogens is 4. The minimum Gasteiger partial charge on any atom is -0.497 e. The molecule has 1 fully saturated rings. The van der Waals surface area contributed by atoms with Gasteiger partial charge in [0.05, 0.1) is 12.8 Å². The topological polar surface area (TPSA) is 150 Å². The summed E-state index contributed by atoms with van der Waals surface area (Å²) in [4.78, 5) is 37.0. The Morgan fingerprint density at radius 1 is 1.04 bits per heavy atom. The maximum Gasteiger partial charge on any atom is 0.407 e. The molecule has 6 rings (SSSR count). The number of rotatable bonds is 8. The van der Waals surface area contributed by atoms with Crippen LogP contribution in [0.2, 0.25) is 0 Å². The van der Waals surface area contributed by atoms with E-state index >= 15 is 0 Å². The first-order valence-electron chi connectivity index (χ1n) is 16.1. The molecule has 12 nitrogen and oxygen atoms in total. The Morgan fingerprint density at radius 3 is 2.51 bits per heavy atom. The number of carbonyl (C=O) groups is 2. The van der Waals surface area contributed by atoms with E-state index in [0.29, 0.717) is 11.6 Å². The van der Waals surface area contributed by atoms with Crippen molar-refractivity contribution in [1.82, 2.24) is 30.0 Å². The standard InChI is InChI=1S/C35H42N8O4/c1-35(2,3)47-34(45)39-26-14-17-42(18-15-26)16-13-22-5-9-25(10-6-22)38-32(44)29-21-43(41-31(29)36)33-37-20-24-8-7-23-19-27(46-4)11-12-28(23)30(24)40-33/h5-6,9-12,19-21,26H,7-8,13-18H2,1-4H3,(H2,36,41)(H,38,44)(H,39,45). The normalized spacial score (nSPS) is 15.0. The molecule has 1 aliphatic carbocycles. The molecule has 0 atom stereocenters. The van der Waals surface area contributed by atoms with Crippen LogP contribution in [0.4, 0.5) is 16.3 Å². The number of nitrogens with one attached hydrogen (secondary N) is 2. The van der Waals surface area contributed by atoms with Crippen LogP contribution >= 0.6 is 0 Å². The highest BCUT2D eigenvalue weighted by molar-refractivity contribution is 6.07. The molecule has 2 amide bonds. The van der Waals surface area contributed by atoms with E-state index in [1.165, 1.54) is 15.8 Å². The minimum atomic E-state index is -0.498. The lowest BCUT2D eigenvalue weighted by Gasteiger charge is -2.32. The van der Waals surface area contributed by atoms with Crippen molar-refractivity contribution in [1.29, 1.82) is 0 Å². The molecule has 47 heavy (non-hydrogen) atoms. The van der Waals surface area contributed by atoms with Crippen molar-refractivity contribution in [2.75, 3.05) is 37.8 Å². The van der Waals surface area contributed by atoms with Gasteiger partial charge < -0.3 is 30.7 Å². The third-order valence-electron chi connectivity index (χ3n) is 8.51. The first-order valence-corrected chi connectivity index (χ1v) is 16.1. The fraction of sp³-hybridized carbons (Fsp3) is 0.400. The molecule has 4 N–H and O–H groups in total. The molecule has 1 aliphatic heterocycles. The number of hydrogen-bond acceptors (Lipinski definition) is 9. The summed E-state index contributed by atoms with van der Waals surface area (Å²) >= 11 is 0. The predicted molar refractivity (Wildman–Crippen MR) is 180 cm³/mol. The molecular weight excluding hydrogens is 596 g/mol. The van der Waals surface area contributed by atoms with E-state index in [2.05, 4.69) is 25.6 Å². The Labute approximate surface area is 274 Å². The van der Waals surface area contributed by atoms with Crippen molar-refractivity contribution in [2.45, 2.75) is 64.5 Å². The number of ether oxygens (including phenoxy) is 2. The zero-order chi connectivity index (χ0) is 33.1. The lowest BCUT2D eigenvalue weighted by atomic mass is 9.90. The Morgan fingerprint density at radius 2 is 1.79 bits per heavy atom. The van der Waals surface area contributed by atoms with Gasteiger partial charge in [-0.15, -0.1) is 5.10 Å². The number of fused-ring (bicyclic) bond motifs is 3. The van der Waals surface area contributed by atoms with Gasteiger partial charge in [0.15, 0.2) is 5.82 Å². The number of alkyl carbamates (subject to hydrolysis) is 1. The number of hydrogen-bond donors (Lipinski definition) is 3. The van der Waals surface area contributed by atoms with Crippen LogP contribution in [-0.2, 0) is 24.0 Å². The van der Waals surface area contributed by atoms with Crippen LogP contribution in [0.15, 0.2) is 54.9 Å². The van der Waals surface area contributed by atoms with Gasteiger partial charge in [0.1, 0.15) is 16.9 Å². The average molecular weight is 639 g/mol. The molecule has 2 aromatic carbocycles. The van der Waals surface area contributed by atoms with Crippen LogP contribution < -0.4 is 21.1 Å². The summed E-state index contributed by atoms with van der Waals surface area (Å²) in [5.41, 5.74) is 11.9. The second-order valence-electron chi connectivity index (χ2n) is 13.1. The summed E-state index contributed by atoms with van der Waals surface area (Å²) < 4.78 is 12.2. The van der Waals surface area contributed by atoms with Crippen LogP contribution in [0, 0.1) is 0 Å². The van der Waals surface area contributed by atoms with Crippen LogP contribution in [0.1, 0.15) is 60.7 Å². The highest BCUT2D eigenvalue weighted by Crippen LogP contribution is 2.34. The number of nitrogens with two attached hydrogens (primary N) is 1. The molecule has 246 valence electrons. The lowest BCUT2D eigenvalue weighted by molar-refractivity contribution is 0.0479. The van der Waals surface area contributed by atoms with Gasteiger partial charge in [-0.1, -0.05) is 12.1 Å². The molecule has 0 bridgehead atoms. The third kappa shape index (κ3) is 7.71. The molecule has 4 aromatic rings. The molecule has 2 aromatic heterocycles. The molecule has 0 radical (unpaired) electrons. The molecular formula is C35H42N8O4. The molecule has 2 aliphatic rings. The summed E-state index contributed by atoms with van der Waals surface area (Å²) in [6.45, 7) is 8.36. The van der Waals surface area contributed by atoms with Gasteiger partial charge in [0.25, 0.3) is 11.9 Å². The zero-order valence-corrected chi connectivity index (χ0v) is 27.4. The number of likely N-dealkylation sites (tertiary alicyclic amines) is 1. The summed E-state index contributed by atoms with van der Waals surface area (Å²) in [6.07, 6.45) is 7.42. The van der Waals surface area contributed by atoms with E-state index < -0.39 is 5.60 Å². The molecule has 12 heteroatoms. The Kier molecular flexibility index (Phi) is 9.12. The second-order valence-corrected chi connectivity index (χ2v) is 13.1. The van der Waals surface area contributed by atoms with Crippen molar-refractivity contribution in [3.63, 3.8) is 0 Å². The smallest absolute Gasteiger partial charge is 0.407 e. The Hall–Kier alpha value is -4.97. The van der Waals surface area contributed by atoms with Gasteiger partial charge in [0, 0.05) is 49.3 Å². The SMILES string of the molecule is COc1ccc2c(c1)CCc1cnc(-n3cc(C(=O)Nc4ccc(CCN5CCC(NC(=O)OC(C)(C)C)CC5)cc4)c(N)n3)nc1-2. The number of anilines is 2. The second kappa shape index (κ2) is 13.4. The lowest BCUT2D eigenvalue weighted by Crippen LogP contribution is -2.46. The molecule has 1 saturated heterocycles. The number of benzene rings is 2. The third-order valence-corrected chi connectivity index (χ3v) is 8.51. The maximum atomic E-state index is 13.2. The number of carbonyl (C=O) groups excluding carboxylic acids is 2. The first kappa shape index (κ1) is 32.0. The zero-order valence-electron chi connectivity index (χ0n) is 27.4. The fourth-order valence-electron chi connectivity index (χ4n) is 6.01. The van der Waals surface area contributed by atoms with Crippen LogP contribution in [0.5, 0.6) is 5.75 Å². The first-order chi connectivity index (χ1) is 22.5. The van der Waals surface area contributed by atoms with E-state index in [1.54, 1.807) is 13.3 Å². The maximum absolute atomic E-state index is 13.2. The highest BCUT2D eigenvalue weighted by atomic mass is 16.6. The van der Waals surface area contributed by atoms with Crippen molar-refractivity contribution >= 4 is 23.5 Å². The predicted octanol–water partition coefficient (Wildman–Crippen LogP) is 4.80. The minimum absolute atomic E-state index is 0.0932. The Balaban J connectivity index is 1.02. The van der Waals surface area contributed by atoms with Crippen LogP contribution in [0.3, 0.4) is 0 Å². The fourth-order valence-corrected chi connectivity index (χ4v) is 6.01. The van der Waals surface area contributed by atoms with Crippen LogP contribution in [0.25, 0.3) is 17.2 Å². The summed E-state index contributed by atoms with van der Waals surface area (Å²) in [6, 6.07) is 13.9. The van der Waals surface area contributed by atoms with E-state index in [-0.39, 0.29) is 29.4 Å². The van der Waals surface area contributed by atoms with Crippen molar-refractivity contribution < 1.29 is 19.1 Å². The van der Waals surface area contributed by atoms with Crippen molar-refractivity contribution in [3.8, 4) is 23.0 Å². The molecule has 0 saturated carbocycles. The number of piperidine rings is 1. The number of nitrogens with zero attached hydrogens (tertiary/aromatic N) is 5. The van der Waals surface area contributed by atoms with E-state index in [0.717, 1.165) is 74.3 Å². The summed E-state index contributed by atoms with van der Waals surface area (Å²) in [5, 5.41) is 10.3. The summed E-state index contributed by atoms with van der Waals surface area (Å²) in [5.74, 6) is 0.885. The van der Waals surface area contributed by atoms with Gasteiger partial charge in [-0.25, -0.2) is 19.4 Å². The highest BCUT2D eigenvalue weighted by Gasteiger charge is 2.24. The van der Waals surface area contributed by atoms with Crippen molar-refractivity contribution in [2.24, 2.45) is 0 Å². The quantitative estimate of drug-likeness (QED) is 0.247. The number of nitrogen functional groups attached to an aromatic ring is 1. The van der Waals surface area contributed by atoms with Gasteiger partial charge >= 0.3 is 6.09 Å². The number of aryl methyl sites for hydroxylation is 2. The largest absolute Gasteiger partial charge is 0.497 e. The Bertz CT molecular complexity index is 1750.